The Labute approximate surface area is 168 Å². The van der Waals surface area contributed by atoms with Crippen molar-refractivity contribution >= 4 is 29.9 Å². The summed E-state index contributed by atoms with van der Waals surface area (Å²) in [5.74, 6) is 2.47. The predicted molar refractivity (Wildman–Crippen MR) is 115 cm³/mol. The van der Waals surface area contributed by atoms with E-state index in [9.17, 15) is 0 Å². The topological polar surface area (TPSA) is 39.7 Å². The molecule has 1 aromatic carbocycles. The molecule has 3 fully saturated rings. The number of likely N-dealkylation sites (tertiary alicyclic amines) is 1. The van der Waals surface area contributed by atoms with E-state index in [1.165, 1.54) is 50.8 Å². The molecule has 1 heterocycles. The van der Waals surface area contributed by atoms with E-state index in [0.717, 1.165) is 30.4 Å². The summed E-state index contributed by atoms with van der Waals surface area (Å²) in [5.41, 5.74) is 1.49. The minimum absolute atomic E-state index is 0. The summed E-state index contributed by atoms with van der Waals surface area (Å²) in [6, 6.07) is 12.4. The van der Waals surface area contributed by atoms with Gasteiger partial charge in [-0.15, -0.1) is 24.0 Å². The molecule has 2 unspecified atom stereocenters. The summed E-state index contributed by atoms with van der Waals surface area (Å²) in [5, 5.41) is 7.19. The van der Waals surface area contributed by atoms with Crippen molar-refractivity contribution in [1.82, 2.24) is 15.5 Å². The van der Waals surface area contributed by atoms with Crippen LogP contribution < -0.4 is 10.6 Å². The van der Waals surface area contributed by atoms with Crippen molar-refractivity contribution in [2.75, 3.05) is 26.7 Å². The second kappa shape index (κ2) is 8.71. The van der Waals surface area contributed by atoms with E-state index >= 15 is 0 Å². The van der Waals surface area contributed by atoms with Gasteiger partial charge < -0.3 is 15.5 Å². The van der Waals surface area contributed by atoms with Crippen molar-refractivity contribution < 1.29 is 0 Å². The Balaban J connectivity index is 0.00000182. The molecular formula is C20H31IN4. The molecule has 1 aliphatic heterocycles. The second-order valence-corrected chi connectivity index (χ2v) is 7.65. The molecule has 4 nitrogen and oxygen atoms in total. The van der Waals surface area contributed by atoms with Crippen molar-refractivity contribution in [3.8, 4) is 0 Å². The SMILES string of the molecule is CN=C(NCC1CC1c1ccccc1)NC1CCN(C2CC2)CC1.I. The summed E-state index contributed by atoms with van der Waals surface area (Å²) < 4.78 is 0. The first-order valence-electron chi connectivity index (χ1n) is 9.59. The minimum Gasteiger partial charge on any atom is -0.356 e. The summed E-state index contributed by atoms with van der Waals surface area (Å²) in [4.78, 5) is 7.10. The highest BCUT2D eigenvalue weighted by atomic mass is 127. The zero-order valence-electron chi connectivity index (χ0n) is 15.2. The van der Waals surface area contributed by atoms with Gasteiger partial charge in [0.05, 0.1) is 0 Å². The van der Waals surface area contributed by atoms with Crippen LogP contribution in [0.2, 0.25) is 0 Å². The number of hydrogen-bond donors (Lipinski definition) is 2. The molecule has 0 aromatic heterocycles. The van der Waals surface area contributed by atoms with Crippen LogP contribution in [0.1, 0.15) is 43.6 Å². The Morgan fingerprint density at radius 2 is 1.84 bits per heavy atom. The standard InChI is InChI=1S/C20H30N4.HI/c1-21-20(23-17-9-11-24(12-10-17)18-7-8-18)22-14-16-13-19(16)15-5-3-2-4-6-15;/h2-6,16-19H,7-14H2,1H3,(H2,21,22,23);1H. The normalized spacial score (nSPS) is 27.5. The highest BCUT2D eigenvalue weighted by Gasteiger charge is 2.38. The van der Waals surface area contributed by atoms with Gasteiger partial charge in [0.15, 0.2) is 5.96 Å². The fraction of sp³-hybridized carbons (Fsp3) is 0.650. The maximum atomic E-state index is 4.43. The lowest BCUT2D eigenvalue weighted by molar-refractivity contribution is 0.197. The number of rotatable bonds is 5. The molecule has 1 saturated heterocycles. The monoisotopic (exact) mass is 454 g/mol. The van der Waals surface area contributed by atoms with E-state index < -0.39 is 0 Å². The lowest BCUT2D eigenvalue weighted by atomic mass is 10.1. The third-order valence-electron chi connectivity index (χ3n) is 5.84. The smallest absolute Gasteiger partial charge is 0.191 e. The molecule has 0 spiro atoms. The molecule has 2 N–H and O–H groups in total. The Morgan fingerprint density at radius 1 is 1.12 bits per heavy atom. The number of piperidine rings is 1. The Kier molecular flexibility index (Phi) is 6.61. The molecule has 4 rings (SSSR count). The molecule has 3 aliphatic rings. The van der Waals surface area contributed by atoms with Crippen LogP contribution in [0.3, 0.4) is 0 Å². The van der Waals surface area contributed by atoms with E-state index in [1.807, 2.05) is 7.05 Å². The van der Waals surface area contributed by atoms with Gasteiger partial charge in [0.2, 0.25) is 0 Å². The molecule has 5 heteroatoms. The number of hydrogen-bond acceptors (Lipinski definition) is 2. The molecule has 1 aromatic rings. The van der Waals surface area contributed by atoms with Crippen LogP contribution in [-0.4, -0.2) is 49.6 Å². The predicted octanol–water partition coefficient (Wildman–Crippen LogP) is 3.20. The van der Waals surface area contributed by atoms with Gasteiger partial charge in [-0.3, -0.25) is 4.99 Å². The van der Waals surface area contributed by atoms with E-state index in [0.29, 0.717) is 6.04 Å². The van der Waals surface area contributed by atoms with Crippen molar-refractivity contribution in [2.24, 2.45) is 10.9 Å². The molecule has 0 bridgehead atoms. The highest BCUT2D eigenvalue weighted by Crippen LogP contribution is 2.46. The molecule has 138 valence electrons. The number of halogens is 1. The number of aliphatic imine (C=N–C) groups is 1. The lowest BCUT2D eigenvalue weighted by Gasteiger charge is -2.33. The molecule has 2 atom stereocenters. The third kappa shape index (κ3) is 5.09. The fourth-order valence-electron chi connectivity index (χ4n) is 4.05. The molecule has 0 amide bonds. The first-order valence-corrected chi connectivity index (χ1v) is 9.59. The zero-order valence-corrected chi connectivity index (χ0v) is 17.5. The fourth-order valence-corrected chi connectivity index (χ4v) is 4.05. The number of benzene rings is 1. The quantitative estimate of drug-likeness (QED) is 0.408. The molecular weight excluding hydrogens is 423 g/mol. The van der Waals surface area contributed by atoms with Gasteiger partial charge in [-0.05, 0) is 49.5 Å². The third-order valence-corrected chi connectivity index (χ3v) is 5.84. The van der Waals surface area contributed by atoms with Crippen LogP contribution in [0.4, 0.5) is 0 Å². The average Bonchev–Trinajstić information content (AvgIpc) is 3.54. The number of guanidine groups is 1. The van der Waals surface area contributed by atoms with Crippen LogP contribution in [0, 0.1) is 5.92 Å². The Hall–Kier alpha value is -0.820. The van der Waals surface area contributed by atoms with E-state index in [2.05, 4.69) is 50.9 Å². The van der Waals surface area contributed by atoms with E-state index in [4.69, 9.17) is 0 Å². The van der Waals surface area contributed by atoms with Gasteiger partial charge in [0.1, 0.15) is 0 Å². The van der Waals surface area contributed by atoms with Gasteiger partial charge in [0, 0.05) is 38.8 Å². The van der Waals surface area contributed by atoms with Crippen molar-refractivity contribution in [3.63, 3.8) is 0 Å². The summed E-state index contributed by atoms with van der Waals surface area (Å²) in [7, 11) is 1.89. The number of nitrogens with zero attached hydrogens (tertiary/aromatic N) is 2. The van der Waals surface area contributed by atoms with Gasteiger partial charge in [-0.2, -0.15) is 0 Å². The van der Waals surface area contributed by atoms with Gasteiger partial charge in [-0.1, -0.05) is 30.3 Å². The zero-order chi connectivity index (χ0) is 16.4. The van der Waals surface area contributed by atoms with Crippen molar-refractivity contribution in [1.29, 1.82) is 0 Å². The lowest BCUT2D eigenvalue weighted by Crippen LogP contribution is -2.49. The first kappa shape index (κ1) is 19.0. The summed E-state index contributed by atoms with van der Waals surface area (Å²) in [6.45, 7) is 3.52. The van der Waals surface area contributed by atoms with Crippen LogP contribution in [0.15, 0.2) is 35.3 Å². The van der Waals surface area contributed by atoms with Crippen molar-refractivity contribution in [2.45, 2.75) is 50.1 Å². The van der Waals surface area contributed by atoms with Crippen molar-refractivity contribution in [3.05, 3.63) is 35.9 Å². The first-order chi connectivity index (χ1) is 11.8. The van der Waals surface area contributed by atoms with Gasteiger partial charge in [-0.25, -0.2) is 0 Å². The van der Waals surface area contributed by atoms with Crippen LogP contribution in [0.5, 0.6) is 0 Å². The summed E-state index contributed by atoms with van der Waals surface area (Å²) >= 11 is 0. The Morgan fingerprint density at radius 3 is 2.48 bits per heavy atom. The molecule has 2 aliphatic carbocycles. The van der Waals surface area contributed by atoms with E-state index in [-0.39, 0.29) is 24.0 Å². The number of nitrogens with one attached hydrogen (secondary N) is 2. The van der Waals surface area contributed by atoms with Crippen LogP contribution in [-0.2, 0) is 0 Å². The molecule has 2 saturated carbocycles. The molecule has 25 heavy (non-hydrogen) atoms. The summed E-state index contributed by atoms with van der Waals surface area (Å²) in [6.07, 6.45) is 6.63. The largest absolute Gasteiger partial charge is 0.356 e. The maximum absolute atomic E-state index is 4.43. The van der Waals surface area contributed by atoms with E-state index in [1.54, 1.807) is 0 Å². The van der Waals surface area contributed by atoms with Crippen LogP contribution >= 0.6 is 24.0 Å². The average molecular weight is 454 g/mol. The molecule has 0 radical (unpaired) electrons. The highest BCUT2D eigenvalue weighted by molar-refractivity contribution is 14.0. The van der Waals surface area contributed by atoms with Gasteiger partial charge >= 0.3 is 0 Å². The van der Waals surface area contributed by atoms with Gasteiger partial charge in [0.25, 0.3) is 0 Å². The minimum atomic E-state index is 0. The second-order valence-electron chi connectivity index (χ2n) is 7.65. The Bertz CT molecular complexity index is 564. The van der Waals surface area contributed by atoms with Crippen LogP contribution in [0.25, 0.3) is 0 Å². The maximum Gasteiger partial charge on any atom is 0.191 e.